The number of aliphatic hydroxyl groups is 3. The number of hydrogen-bond acceptors (Lipinski definition) is 8. The third-order valence-electron chi connectivity index (χ3n) is 4.59. The Labute approximate surface area is 154 Å². The Morgan fingerprint density at radius 1 is 1.11 bits per heavy atom. The lowest BCUT2D eigenvalue weighted by Gasteiger charge is -2.16. The lowest BCUT2D eigenvalue weighted by Crippen LogP contribution is -2.33. The van der Waals surface area contributed by atoms with Gasteiger partial charge in [0.25, 0.3) is 0 Å². The predicted octanol–water partition coefficient (Wildman–Crippen LogP) is 0.503. The van der Waals surface area contributed by atoms with E-state index in [-0.39, 0.29) is 0 Å². The Bertz CT molecular complexity index is 929. The average Bonchev–Trinajstić information content (AvgIpc) is 3.24. The second-order valence-electron chi connectivity index (χ2n) is 6.23. The molecule has 9 nitrogen and oxygen atoms in total. The van der Waals surface area contributed by atoms with Crippen LogP contribution in [-0.2, 0) is 4.74 Å². The van der Waals surface area contributed by atoms with E-state index in [9.17, 15) is 15.3 Å². The molecule has 3 N–H and O–H groups in total. The van der Waals surface area contributed by atoms with Gasteiger partial charge in [0.05, 0.1) is 19.5 Å². The van der Waals surface area contributed by atoms with E-state index in [4.69, 9.17) is 9.47 Å². The second kappa shape index (κ2) is 7.20. The predicted molar refractivity (Wildman–Crippen MR) is 94.9 cm³/mol. The first-order valence-corrected chi connectivity index (χ1v) is 8.67. The minimum Gasteiger partial charge on any atom is -0.494 e. The zero-order chi connectivity index (χ0) is 19.0. The molecule has 0 aliphatic carbocycles. The largest absolute Gasteiger partial charge is 0.494 e. The van der Waals surface area contributed by atoms with E-state index in [2.05, 4.69) is 15.0 Å². The molecular weight excluding hydrogens is 352 g/mol. The summed E-state index contributed by atoms with van der Waals surface area (Å²) >= 11 is 0. The summed E-state index contributed by atoms with van der Waals surface area (Å²) in [5.74, 6) is 0.767. The molecule has 1 saturated heterocycles. The van der Waals surface area contributed by atoms with E-state index in [0.29, 0.717) is 23.5 Å². The fourth-order valence-corrected chi connectivity index (χ4v) is 3.23. The van der Waals surface area contributed by atoms with E-state index >= 15 is 0 Å². The summed E-state index contributed by atoms with van der Waals surface area (Å²) in [6, 6.07) is 7.49. The molecule has 0 bridgehead atoms. The van der Waals surface area contributed by atoms with Crippen LogP contribution in [0.15, 0.2) is 36.9 Å². The normalized spacial score (nSPS) is 25.2. The van der Waals surface area contributed by atoms with Crippen molar-refractivity contribution < 1.29 is 24.8 Å². The molecule has 2 aromatic heterocycles. The topological polar surface area (TPSA) is 123 Å². The molecule has 0 saturated carbocycles. The minimum atomic E-state index is -1.21. The van der Waals surface area contributed by atoms with Crippen LogP contribution in [0.4, 0.5) is 0 Å². The molecule has 1 fully saturated rings. The van der Waals surface area contributed by atoms with Gasteiger partial charge in [-0.15, -0.1) is 0 Å². The molecule has 3 heterocycles. The molecule has 0 amide bonds. The summed E-state index contributed by atoms with van der Waals surface area (Å²) < 4.78 is 12.6. The van der Waals surface area contributed by atoms with Gasteiger partial charge in [0, 0.05) is 5.56 Å². The highest BCUT2D eigenvalue weighted by atomic mass is 16.6. The molecular formula is C18H20N4O5. The number of hydrogen-bond donors (Lipinski definition) is 3. The Morgan fingerprint density at radius 3 is 2.56 bits per heavy atom. The highest BCUT2D eigenvalue weighted by Crippen LogP contribution is 2.33. The van der Waals surface area contributed by atoms with Crippen LogP contribution in [0.5, 0.6) is 5.75 Å². The van der Waals surface area contributed by atoms with Crippen LogP contribution >= 0.6 is 0 Å². The van der Waals surface area contributed by atoms with Crippen molar-refractivity contribution >= 4 is 11.2 Å². The molecule has 1 aromatic carbocycles. The van der Waals surface area contributed by atoms with Crippen molar-refractivity contribution in [3.63, 3.8) is 0 Å². The van der Waals surface area contributed by atoms with Crippen molar-refractivity contribution in [1.29, 1.82) is 0 Å². The zero-order valence-electron chi connectivity index (χ0n) is 14.6. The van der Waals surface area contributed by atoms with Gasteiger partial charge in [-0.1, -0.05) is 0 Å². The second-order valence-corrected chi connectivity index (χ2v) is 6.23. The molecule has 3 aromatic rings. The monoisotopic (exact) mass is 372 g/mol. The van der Waals surface area contributed by atoms with Gasteiger partial charge in [-0.3, -0.25) is 4.57 Å². The van der Waals surface area contributed by atoms with Gasteiger partial charge in [-0.2, -0.15) is 0 Å². The number of benzene rings is 1. The maximum absolute atomic E-state index is 10.3. The number of aromatic nitrogens is 4. The van der Waals surface area contributed by atoms with Gasteiger partial charge in [-0.05, 0) is 31.2 Å². The number of fused-ring (bicyclic) bond motifs is 1. The van der Waals surface area contributed by atoms with Crippen LogP contribution in [0, 0.1) is 0 Å². The van der Waals surface area contributed by atoms with Crippen LogP contribution in [0.3, 0.4) is 0 Å². The minimum absolute atomic E-state index is 0.395. The van der Waals surface area contributed by atoms with Crippen molar-refractivity contribution in [2.24, 2.45) is 0 Å². The van der Waals surface area contributed by atoms with Crippen molar-refractivity contribution in [2.45, 2.75) is 31.5 Å². The number of nitrogens with zero attached hydrogens (tertiary/aromatic N) is 4. The molecule has 4 rings (SSSR count). The summed E-state index contributed by atoms with van der Waals surface area (Å²) in [7, 11) is 0. The molecule has 0 spiro atoms. The molecule has 0 unspecified atom stereocenters. The summed E-state index contributed by atoms with van der Waals surface area (Å²) in [4.78, 5) is 13.0. The first-order valence-electron chi connectivity index (χ1n) is 8.67. The fourth-order valence-electron chi connectivity index (χ4n) is 3.23. The van der Waals surface area contributed by atoms with E-state index in [0.717, 1.165) is 11.3 Å². The van der Waals surface area contributed by atoms with Gasteiger partial charge in [0.1, 0.15) is 41.6 Å². The summed E-state index contributed by atoms with van der Waals surface area (Å²) in [5.41, 5.74) is 2.48. The van der Waals surface area contributed by atoms with Gasteiger partial charge in [-0.25, -0.2) is 15.0 Å². The highest BCUT2D eigenvalue weighted by Gasteiger charge is 2.44. The van der Waals surface area contributed by atoms with Crippen molar-refractivity contribution in [3.8, 4) is 17.0 Å². The third-order valence-corrected chi connectivity index (χ3v) is 4.59. The van der Waals surface area contributed by atoms with E-state index in [1.807, 2.05) is 31.2 Å². The smallest absolute Gasteiger partial charge is 0.166 e. The van der Waals surface area contributed by atoms with Crippen LogP contribution < -0.4 is 4.74 Å². The Balaban J connectivity index is 1.72. The summed E-state index contributed by atoms with van der Waals surface area (Å²) in [6.07, 6.45) is -1.26. The lowest BCUT2D eigenvalue weighted by atomic mass is 10.1. The van der Waals surface area contributed by atoms with Gasteiger partial charge in [0.2, 0.25) is 0 Å². The molecule has 27 heavy (non-hydrogen) atoms. The van der Waals surface area contributed by atoms with Crippen LogP contribution in [0.2, 0.25) is 0 Å². The van der Waals surface area contributed by atoms with E-state index < -0.39 is 31.1 Å². The maximum Gasteiger partial charge on any atom is 0.166 e. The van der Waals surface area contributed by atoms with Crippen molar-refractivity contribution in [3.05, 3.63) is 36.9 Å². The van der Waals surface area contributed by atoms with E-state index in [1.54, 1.807) is 4.57 Å². The van der Waals surface area contributed by atoms with Crippen molar-refractivity contribution in [2.75, 3.05) is 13.2 Å². The van der Waals surface area contributed by atoms with Gasteiger partial charge < -0.3 is 24.8 Å². The number of rotatable bonds is 5. The molecule has 4 atom stereocenters. The maximum atomic E-state index is 10.3. The number of aliphatic hydroxyl groups excluding tert-OH is 3. The summed E-state index contributed by atoms with van der Waals surface area (Å²) in [5, 5.41) is 29.5. The first kappa shape index (κ1) is 17.8. The molecule has 142 valence electrons. The van der Waals surface area contributed by atoms with Crippen LogP contribution in [0.1, 0.15) is 13.2 Å². The van der Waals surface area contributed by atoms with Gasteiger partial charge in [0.15, 0.2) is 11.9 Å². The quantitative estimate of drug-likeness (QED) is 0.592. The van der Waals surface area contributed by atoms with Gasteiger partial charge >= 0.3 is 0 Å². The fraction of sp³-hybridized carbons (Fsp3) is 0.389. The molecule has 0 radical (unpaired) electrons. The number of imidazole rings is 1. The number of ether oxygens (including phenoxy) is 2. The Hall–Kier alpha value is -2.59. The highest BCUT2D eigenvalue weighted by molar-refractivity contribution is 5.87. The van der Waals surface area contributed by atoms with E-state index in [1.165, 1.54) is 12.7 Å². The molecule has 1 aliphatic heterocycles. The van der Waals surface area contributed by atoms with Crippen LogP contribution in [0.25, 0.3) is 22.4 Å². The molecule has 9 heteroatoms. The van der Waals surface area contributed by atoms with Crippen molar-refractivity contribution in [1.82, 2.24) is 19.5 Å². The average molecular weight is 372 g/mol. The van der Waals surface area contributed by atoms with Crippen LogP contribution in [-0.4, -0.2) is 66.4 Å². The zero-order valence-corrected chi connectivity index (χ0v) is 14.6. The summed E-state index contributed by atoms with van der Waals surface area (Å²) in [6.45, 7) is 2.12. The standard InChI is InChI=1S/C18H20N4O5/c1-2-26-11-5-3-10(4-6-11)13-14-17(20-8-19-13)22(9-21-14)18-16(25)15(24)12(7-23)27-18/h3-6,8-9,12,15-16,18,23-25H,2,7H2,1H3/t12-,15-,16-,18-/m1/s1. The third kappa shape index (κ3) is 3.04. The Kier molecular flexibility index (Phi) is 4.75. The SMILES string of the molecule is CCOc1ccc(-c2ncnc3c2ncn3[C@@H]2O[C@H](CO)[C@@H](O)[C@H]2O)cc1. The molecule has 1 aliphatic rings. The Morgan fingerprint density at radius 2 is 1.89 bits per heavy atom. The lowest BCUT2D eigenvalue weighted by molar-refractivity contribution is -0.0511. The first-order chi connectivity index (χ1) is 13.1.